The van der Waals surface area contributed by atoms with E-state index in [-0.39, 0.29) is 31.1 Å². The Bertz CT molecular complexity index is 996. The van der Waals surface area contributed by atoms with Crippen molar-refractivity contribution in [1.29, 1.82) is 0 Å². The molecule has 0 aromatic rings. The van der Waals surface area contributed by atoms with Gasteiger partial charge >= 0.3 is 17.9 Å². The van der Waals surface area contributed by atoms with Gasteiger partial charge in [-0.25, -0.2) is 0 Å². The summed E-state index contributed by atoms with van der Waals surface area (Å²) in [7, 11) is 0. The fourth-order valence-electron chi connectivity index (χ4n) is 9.28. The van der Waals surface area contributed by atoms with Crippen molar-refractivity contribution in [3.05, 3.63) is 0 Å². The molecule has 0 aromatic heterocycles. The predicted octanol–water partition coefficient (Wildman–Crippen LogP) is 19.8. The van der Waals surface area contributed by atoms with Gasteiger partial charge in [-0.1, -0.05) is 304 Å². The number of carbonyl (C=O) groups excluding carboxylic acids is 3. The summed E-state index contributed by atoms with van der Waals surface area (Å²) in [6.45, 7) is 9.06. The molecule has 0 radical (unpaired) electrons. The molecule has 6 heteroatoms. The van der Waals surface area contributed by atoms with Gasteiger partial charge in [-0.15, -0.1) is 0 Å². The Morgan fingerprint density at radius 3 is 0.742 bits per heavy atom. The van der Waals surface area contributed by atoms with Gasteiger partial charge in [-0.3, -0.25) is 14.4 Å². The molecule has 6 nitrogen and oxygen atoms in total. The minimum Gasteiger partial charge on any atom is -0.462 e. The molecular weight excluding hydrogens is 817 g/mol. The van der Waals surface area contributed by atoms with Gasteiger partial charge in [-0.05, 0) is 25.2 Å². The van der Waals surface area contributed by atoms with Gasteiger partial charge < -0.3 is 14.2 Å². The summed E-state index contributed by atoms with van der Waals surface area (Å²) in [5.74, 6) is -0.00644. The van der Waals surface area contributed by atoms with E-state index >= 15 is 0 Å². The summed E-state index contributed by atoms with van der Waals surface area (Å²) in [4.78, 5) is 38.2. The molecule has 0 aliphatic rings. The third-order valence-electron chi connectivity index (χ3n) is 13.8. The van der Waals surface area contributed by atoms with Crippen LogP contribution in [0.15, 0.2) is 0 Å². The molecule has 0 aliphatic heterocycles. The van der Waals surface area contributed by atoms with Crippen molar-refractivity contribution >= 4 is 17.9 Å². The second-order valence-electron chi connectivity index (χ2n) is 21.1. The first-order valence-electron chi connectivity index (χ1n) is 29.9. The molecule has 0 rings (SSSR count). The lowest BCUT2D eigenvalue weighted by Crippen LogP contribution is -2.30. The fourth-order valence-corrected chi connectivity index (χ4v) is 9.28. The number of carbonyl (C=O) groups is 3. The fraction of sp³-hybridized carbons (Fsp3) is 0.950. The first-order chi connectivity index (χ1) is 32.4. The van der Waals surface area contributed by atoms with Crippen LogP contribution in [0, 0.1) is 5.92 Å². The zero-order valence-corrected chi connectivity index (χ0v) is 45.2. The van der Waals surface area contributed by atoms with E-state index in [0.717, 1.165) is 63.7 Å². The normalized spacial score (nSPS) is 12.0. The van der Waals surface area contributed by atoms with Gasteiger partial charge in [0.25, 0.3) is 0 Å². The number of rotatable bonds is 55. The standard InChI is InChI=1S/C60H116O6/c1-5-7-9-11-13-15-17-19-21-23-24-26-28-32-37-41-45-49-53-60(63)66-57(55-65-59(62)52-48-44-40-36-33-29-30-34-38-42-46-50-56(3)4)54-64-58(61)51-47-43-39-35-31-27-25-22-20-18-16-14-12-10-8-6-2/h56-57H,5-55H2,1-4H3/t57-/m1/s1. The van der Waals surface area contributed by atoms with Crippen LogP contribution in [0.25, 0.3) is 0 Å². The SMILES string of the molecule is CCCCCCCCCCCCCCCCCCCCC(=O)O[C@H](COC(=O)CCCCCCCCCCCCCCCCCC)COC(=O)CCCCCCCCCCCCCC(C)C. The highest BCUT2D eigenvalue weighted by atomic mass is 16.6. The molecule has 0 saturated heterocycles. The molecule has 0 bridgehead atoms. The zero-order valence-electron chi connectivity index (χ0n) is 45.2. The van der Waals surface area contributed by atoms with Crippen molar-refractivity contribution in [1.82, 2.24) is 0 Å². The quantitative estimate of drug-likeness (QED) is 0.0343. The molecule has 0 amide bonds. The predicted molar refractivity (Wildman–Crippen MR) is 284 cm³/mol. The van der Waals surface area contributed by atoms with Crippen LogP contribution in [0.2, 0.25) is 0 Å². The Balaban J connectivity index is 4.29. The third-order valence-corrected chi connectivity index (χ3v) is 13.8. The molecular formula is C60H116O6. The maximum absolute atomic E-state index is 12.9. The zero-order chi connectivity index (χ0) is 48.1. The first kappa shape index (κ1) is 64.4. The van der Waals surface area contributed by atoms with E-state index in [1.54, 1.807) is 0 Å². The third kappa shape index (κ3) is 53.4. The molecule has 0 heterocycles. The van der Waals surface area contributed by atoms with Crippen molar-refractivity contribution in [2.24, 2.45) is 5.92 Å². The Kier molecular flexibility index (Phi) is 53.0. The van der Waals surface area contributed by atoms with E-state index in [1.807, 2.05) is 0 Å². The molecule has 66 heavy (non-hydrogen) atoms. The molecule has 0 fully saturated rings. The lowest BCUT2D eigenvalue weighted by molar-refractivity contribution is -0.167. The minimum absolute atomic E-state index is 0.0617. The molecule has 1 atom stereocenters. The van der Waals surface area contributed by atoms with Gasteiger partial charge in [0.05, 0.1) is 0 Å². The number of hydrogen-bond acceptors (Lipinski definition) is 6. The van der Waals surface area contributed by atoms with Gasteiger partial charge in [0, 0.05) is 19.3 Å². The van der Waals surface area contributed by atoms with Crippen molar-refractivity contribution in [3.8, 4) is 0 Å². The monoisotopic (exact) mass is 933 g/mol. The van der Waals surface area contributed by atoms with Crippen molar-refractivity contribution < 1.29 is 28.6 Å². The summed E-state index contributed by atoms with van der Waals surface area (Å²) in [5, 5.41) is 0. The average molecular weight is 934 g/mol. The number of hydrogen-bond donors (Lipinski definition) is 0. The van der Waals surface area contributed by atoms with Gasteiger partial charge in [-0.2, -0.15) is 0 Å². The largest absolute Gasteiger partial charge is 0.462 e. The van der Waals surface area contributed by atoms with Gasteiger partial charge in [0.1, 0.15) is 13.2 Å². The van der Waals surface area contributed by atoms with Crippen molar-refractivity contribution in [2.45, 2.75) is 348 Å². The number of ether oxygens (including phenoxy) is 3. The van der Waals surface area contributed by atoms with E-state index in [0.29, 0.717) is 19.3 Å². The maximum atomic E-state index is 12.9. The van der Waals surface area contributed by atoms with Gasteiger partial charge in [0.2, 0.25) is 0 Å². The Labute approximate surface area is 412 Å². The highest BCUT2D eigenvalue weighted by Crippen LogP contribution is 2.18. The van der Waals surface area contributed by atoms with Crippen molar-refractivity contribution in [2.75, 3.05) is 13.2 Å². The molecule has 0 N–H and O–H groups in total. The number of unbranched alkanes of at least 4 members (excludes halogenated alkanes) is 42. The Morgan fingerprint density at radius 2 is 0.500 bits per heavy atom. The summed E-state index contributed by atoms with van der Waals surface area (Å²) >= 11 is 0. The van der Waals surface area contributed by atoms with Crippen LogP contribution in [0.4, 0.5) is 0 Å². The van der Waals surface area contributed by atoms with Crippen LogP contribution in [0.1, 0.15) is 342 Å². The van der Waals surface area contributed by atoms with Crippen molar-refractivity contribution in [3.63, 3.8) is 0 Å². The van der Waals surface area contributed by atoms with Crippen LogP contribution >= 0.6 is 0 Å². The molecule has 0 saturated carbocycles. The van der Waals surface area contributed by atoms with Crippen LogP contribution < -0.4 is 0 Å². The maximum Gasteiger partial charge on any atom is 0.306 e. The van der Waals surface area contributed by atoms with E-state index in [2.05, 4.69) is 27.7 Å². The highest BCUT2D eigenvalue weighted by molar-refractivity contribution is 5.71. The summed E-state index contributed by atoms with van der Waals surface area (Å²) in [5.41, 5.74) is 0. The van der Waals surface area contributed by atoms with Crippen LogP contribution in [-0.4, -0.2) is 37.2 Å². The van der Waals surface area contributed by atoms with Crippen LogP contribution in [0.3, 0.4) is 0 Å². The summed E-state index contributed by atoms with van der Waals surface area (Å²) in [6, 6.07) is 0. The lowest BCUT2D eigenvalue weighted by Gasteiger charge is -2.18. The Hall–Kier alpha value is -1.59. The first-order valence-corrected chi connectivity index (χ1v) is 29.9. The van der Waals surface area contributed by atoms with E-state index < -0.39 is 6.10 Å². The van der Waals surface area contributed by atoms with Crippen LogP contribution in [0.5, 0.6) is 0 Å². The highest BCUT2D eigenvalue weighted by Gasteiger charge is 2.19. The van der Waals surface area contributed by atoms with E-state index in [9.17, 15) is 14.4 Å². The Morgan fingerprint density at radius 1 is 0.288 bits per heavy atom. The van der Waals surface area contributed by atoms with Gasteiger partial charge in [0.15, 0.2) is 6.10 Å². The van der Waals surface area contributed by atoms with Crippen LogP contribution in [-0.2, 0) is 28.6 Å². The van der Waals surface area contributed by atoms with E-state index in [1.165, 1.54) is 238 Å². The number of esters is 3. The molecule has 0 spiro atoms. The topological polar surface area (TPSA) is 78.9 Å². The molecule has 0 aliphatic carbocycles. The molecule has 0 unspecified atom stereocenters. The summed E-state index contributed by atoms with van der Waals surface area (Å²) in [6.07, 6.45) is 59.5. The molecule has 392 valence electrons. The molecule has 0 aromatic carbocycles. The minimum atomic E-state index is -0.762. The lowest BCUT2D eigenvalue weighted by atomic mass is 10.0. The second kappa shape index (κ2) is 54.4. The smallest absolute Gasteiger partial charge is 0.306 e. The second-order valence-corrected chi connectivity index (χ2v) is 21.1. The summed E-state index contributed by atoms with van der Waals surface area (Å²) < 4.78 is 16.9. The average Bonchev–Trinajstić information content (AvgIpc) is 3.30. The van der Waals surface area contributed by atoms with E-state index in [4.69, 9.17) is 14.2 Å².